The summed E-state index contributed by atoms with van der Waals surface area (Å²) < 4.78 is 0.864. The fourth-order valence-electron chi connectivity index (χ4n) is 5.42. The molecule has 2 fully saturated rings. The first-order valence-electron chi connectivity index (χ1n) is 11.6. The van der Waals surface area contributed by atoms with Gasteiger partial charge in [0.15, 0.2) is 0 Å². The number of hydrogen-bond donors (Lipinski definition) is 3. The Hall–Kier alpha value is -3.43. The van der Waals surface area contributed by atoms with Crippen molar-refractivity contribution in [3.63, 3.8) is 0 Å². The Labute approximate surface area is 192 Å². The first-order valence-corrected chi connectivity index (χ1v) is 11.6. The number of carbonyl (C=O) groups is 2. The van der Waals surface area contributed by atoms with Crippen LogP contribution in [-0.2, 0) is 10.3 Å². The summed E-state index contributed by atoms with van der Waals surface area (Å²) in [6.07, 6.45) is 6.92. The lowest BCUT2D eigenvalue weighted by atomic mass is 9.79. The Morgan fingerprint density at radius 3 is 2.73 bits per heavy atom. The van der Waals surface area contributed by atoms with Gasteiger partial charge in [0.05, 0.1) is 5.56 Å². The van der Waals surface area contributed by atoms with Gasteiger partial charge in [-0.05, 0) is 31.7 Å². The highest BCUT2D eigenvalue weighted by atomic mass is 16.5. The van der Waals surface area contributed by atoms with Gasteiger partial charge in [0, 0.05) is 38.2 Å². The number of amides is 2. The van der Waals surface area contributed by atoms with E-state index in [1.54, 1.807) is 19.1 Å². The third-order valence-corrected chi connectivity index (χ3v) is 7.06. The molecule has 2 amide bonds. The molecule has 1 saturated carbocycles. The molecule has 1 aliphatic carbocycles. The maximum atomic E-state index is 13.5. The number of nitrogens with zero attached hydrogens (tertiary/aromatic N) is 4. The number of aryl methyl sites for hydroxylation is 1. The zero-order chi connectivity index (χ0) is 23.2. The van der Waals surface area contributed by atoms with Gasteiger partial charge in [0.2, 0.25) is 11.7 Å². The lowest BCUT2D eigenvalue weighted by Gasteiger charge is -2.34. The topological polar surface area (TPSA) is 126 Å². The molecule has 0 unspecified atom stereocenters. The molecular formula is C23H29N7O3. The van der Waals surface area contributed by atoms with Gasteiger partial charge in [-0.2, -0.15) is 4.98 Å². The Morgan fingerprint density at radius 1 is 1.24 bits per heavy atom. The first-order chi connectivity index (χ1) is 15.9. The van der Waals surface area contributed by atoms with Crippen LogP contribution in [0.2, 0.25) is 0 Å². The highest BCUT2D eigenvalue weighted by Gasteiger charge is 2.48. The third kappa shape index (κ3) is 3.83. The molecular weight excluding hydrogens is 422 g/mol. The Bertz CT molecular complexity index is 1110. The molecule has 1 atom stereocenters. The van der Waals surface area contributed by atoms with E-state index in [2.05, 4.69) is 25.9 Å². The molecule has 0 radical (unpaired) electrons. The normalized spacial score (nSPS) is 21.1. The van der Waals surface area contributed by atoms with E-state index in [9.17, 15) is 14.8 Å². The molecule has 5 rings (SSSR count). The van der Waals surface area contributed by atoms with Gasteiger partial charge in [-0.25, -0.2) is 15.0 Å². The van der Waals surface area contributed by atoms with Crippen LogP contribution in [0.5, 0.6) is 0 Å². The van der Waals surface area contributed by atoms with Crippen molar-refractivity contribution >= 4 is 29.3 Å². The smallest absolute Gasteiger partial charge is 0.284 e. The molecule has 0 aromatic carbocycles. The van der Waals surface area contributed by atoms with Gasteiger partial charge in [0.25, 0.3) is 11.7 Å². The molecule has 33 heavy (non-hydrogen) atoms. The number of anilines is 3. The number of fused-ring (bicyclic) bond motifs is 2. The summed E-state index contributed by atoms with van der Waals surface area (Å²) in [6.45, 7) is 4.80. The molecule has 174 valence electrons. The maximum absolute atomic E-state index is 13.5. The zero-order valence-electron chi connectivity index (χ0n) is 19.0. The van der Waals surface area contributed by atoms with Gasteiger partial charge < -0.3 is 20.7 Å². The summed E-state index contributed by atoms with van der Waals surface area (Å²) >= 11 is 0. The molecule has 4 heterocycles. The number of nitrogens with one attached hydrogen (secondary N) is 3. The number of rotatable bonds is 4. The van der Waals surface area contributed by atoms with Crippen LogP contribution in [-0.4, -0.2) is 45.8 Å². The second-order valence-electron chi connectivity index (χ2n) is 9.34. The minimum atomic E-state index is -0.585. The van der Waals surface area contributed by atoms with Gasteiger partial charge in [0.1, 0.15) is 23.4 Å². The lowest BCUT2D eigenvalue weighted by Crippen LogP contribution is -2.49. The van der Waals surface area contributed by atoms with E-state index < -0.39 is 5.54 Å². The van der Waals surface area contributed by atoms with E-state index in [1.807, 2.05) is 11.8 Å². The molecule has 0 bridgehead atoms. The molecule has 3 N–H and O–H groups in total. The van der Waals surface area contributed by atoms with E-state index in [0.717, 1.165) is 55.4 Å². The SMILES string of the molecule is CC(=O)N1CC[C@H](Nc2cc(Nc3cc(C)c4c([n+]3[O-])C3(CCCCC3)NC4=O)ncn2)C1. The van der Waals surface area contributed by atoms with E-state index in [1.165, 1.54) is 6.33 Å². The summed E-state index contributed by atoms with van der Waals surface area (Å²) in [5, 5.41) is 23.1. The highest BCUT2D eigenvalue weighted by Crippen LogP contribution is 2.42. The summed E-state index contributed by atoms with van der Waals surface area (Å²) in [5.41, 5.74) is 1.21. The third-order valence-electron chi connectivity index (χ3n) is 7.06. The summed E-state index contributed by atoms with van der Waals surface area (Å²) in [4.78, 5) is 34.7. The van der Waals surface area contributed by atoms with Crippen molar-refractivity contribution in [1.29, 1.82) is 0 Å². The van der Waals surface area contributed by atoms with E-state index in [4.69, 9.17) is 0 Å². The van der Waals surface area contributed by atoms with Crippen LogP contribution < -0.4 is 20.7 Å². The standard InChI is InChI=1S/C23H29N7O3/c1-14-10-19(30(33)21-20(14)22(32)28-23(21)7-4-3-5-8-23)27-18-11-17(24-13-25-18)26-16-6-9-29(12-16)15(2)31/h10-11,13,16H,3-9,12H2,1-2H3,(H,28,32)(H2,24,25,26,27)/t16-/m0/s1. The number of pyridine rings is 1. The second kappa shape index (κ2) is 8.17. The van der Waals surface area contributed by atoms with Crippen LogP contribution in [0.4, 0.5) is 17.5 Å². The molecule has 1 saturated heterocycles. The van der Waals surface area contributed by atoms with Gasteiger partial charge in [-0.1, -0.05) is 19.3 Å². The van der Waals surface area contributed by atoms with E-state index in [-0.39, 0.29) is 17.9 Å². The highest BCUT2D eigenvalue weighted by molar-refractivity contribution is 6.00. The predicted molar refractivity (Wildman–Crippen MR) is 122 cm³/mol. The molecule has 10 nitrogen and oxygen atoms in total. The van der Waals surface area contributed by atoms with E-state index in [0.29, 0.717) is 35.3 Å². The predicted octanol–water partition coefficient (Wildman–Crippen LogP) is 2.10. The van der Waals surface area contributed by atoms with Gasteiger partial charge in [-0.15, -0.1) is 0 Å². The monoisotopic (exact) mass is 451 g/mol. The van der Waals surface area contributed by atoms with Crippen molar-refractivity contribution < 1.29 is 14.3 Å². The van der Waals surface area contributed by atoms with Crippen LogP contribution in [0, 0.1) is 12.1 Å². The molecule has 10 heteroatoms. The van der Waals surface area contributed by atoms with Crippen molar-refractivity contribution in [3.05, 3.63) is 40.5 Å². The fourth-order valence-corrected chi connectivity index (χ4v) is 5.42. The van der Waals surface area contributed by atoms with Crippen LogP contribution >= 0.6 is 0 Å². The van der Waals surface area contributed by atoms with Crippen molar-refractivity contribution in [2.45, 2.75) is 64.0 Å². The molecule has 3 aliphatic rings. The van der Waals surface area contributed by atoms with Crippen LogP contribution in [0.15, 0.2) is 18.5 Å². The Balaban J connectivity index is 1.40. The van der Waals surface area contributed by atoms with Gasteiger partial charge >= 0.3 is 0 Å². The van der Waals surface area contributed by atoms with Crippen molar-refractivity contribution in [2.24, 2.45) is 0 Å². The zero-order valence-corrected chi connectivity index (χ0v) is 19.0. The van der Waals surface area contributed by atoms with Gasteiger partial charge in [-0.3, -0.25) is 9.59 Å². The molecule has 2 aromatic heterocycles. The largest absolute Gasteiger partial charge is 0.710 e. The Kier molecular flexibility index (Phi) is 5.30. The minimum Gasteiger partial charge on any atom is -0.710 e. The maximum Gasteiger partial charge on any atom is 0.284 e. The number of carbonyl (C=O) groups excluding carboxylic acids is 2. The number of likely N-dealkylation sites (tertiary alicyclic amines) is 1. The summed E-state index contributed by atoms with van der Waals surface area (Å²) in [5.74, 6) is 1.35. The Morgan fingerprint density at radius 2 is 2.00 bits per heavy atom. The van der Waals surface area contributed by atoms with Crippen molar-refractivity contribution in [1.82, 2.24) is 20.2 Å². The first kappa shape index (κ1) is 21.4. The lowest BCUT2D eigenvalue weighted by molar-refractivity contribution is -0.603. The second-order valence-corrected chi connectivity index (χ2v) is 9.34. The summed E-state index contributed by atoms with van der Waals surface area (Å²) in [6, 6.07) is 3.56. The minimum absolute atomic E-state index is 0.0695. The molecule has 1 spiro atoms. The quantitative estimate of drug-likeness (QED) is 0.480. The van der Waals surface area contributed by atoms with E-state index >= 15 is 0 Å². The van der Waals surface area contributed by atoms with Crippen LogP contribution in [0.3, 0.4) is 0 Å². The summed E-state index contributed by atoms with van der Waals surface area (Å²) in [7, 11) is 0. The van der Waals surface area contributed by atoms with Crippen LogP contribution in [0.25, 0.3) is 0 Å². The van der Waals surface area contributed by atoms with Crippen LogP contribution in [0.1, 0.15) is 67.1 Å². The van der Waals surface area contributed by atoms with Crippen molar-refractivity contribution in [3.8, 4) is 0 Å². The molecule has 2 aromatic rings. The number of aromatic nitrogens is 3. The number of hydrogen-bond acceptors (Lipinski definition) is 7. The average Bonchev–Trinajstić information content (AvgIpc) is 3.35. The fraction of sp³-hybridized carbons (Fsp3) is 0.522. The van der Waals surface area contributed by atoms with Crippen molar-refractivity contribution in [2.75, 3.05) is 23.7 Å². The molecule has 2 aliphatic heterocycles. The average molecular weight is 452 g/mol.